The third kappa shape index (κ3) is 4.57. The van der Waals surface area contributed by atoms with E-state index in [2.05, 4.69) is 66.3 Å². The summed E-state index contributed by atoms with van der Waals surface area (Å²) < 4.78 is 7.05. The van der Waals surface area contributed by atoms with Gasteiger partial charge in [0.15, 0.2) is 0 Å². The van der Waals surface area contributed by atoms with E-state index < -0.39 is 0 Å². The molecule has 114 valence electrons. The number of nitrogens with one attached hydrogen (secondary N) is 1. The molecule has 1 N–H and O–H groups in total. The molecule has 1 rings (SSSR count). The molecule has 3 heteroatoms. The fourth-order valence-electron chi connectivity index (χ4n) is 2.79. The molecule has 0 aromatic heterocycles. The van der Waals surface area contributed by atoms with Crippen molar-refractivity contribution in [1.29, 1.82) is 0 Å². The van der Waals surface area contributed by atoms with Crippen LogP contribution >= 0.6 is 15.9 Å². The van der Waals surface area contributed by atoms with Crippen LogP contribution in [-0.4, -0.2) is 25.3 Å². The van der Waals surface area contributed by atoms with Gasteiger partial charge in [-0.05, 0) is 49.9 Å². The average molecular weight is 342 g/mol. The molecule has 0 bridgehead atoms. The summed E-state index contributed by atoms with van der Waals surface area (Å²) in [6.45, 7) is 7.67. The Labute approximate surface area is 132 Å². The number of halogens is 1. The van der Waals surface area contributed by atoms with E-state index in [0.717, 1.165) is 36.7 Å². The van der Waals surface area contributed by atoms with Gasteiger partial charge in [0.1, 0.15) is 0 Å². The lowest BCUT2D eigenvalue weighted by molar-refractivity contribution is -0.0471. The molecule has 1 unspecified atom stereocenters. The highest BCUT2D eigenvalue weighted by atomic mass is 79.9. The maximum absolute atomic E-state index is 5.92. The number of rotatable bonds is 9. The maximum atomic E-state index is 5.92. The summed E-state index contributed by atoms with van der Waals surface area (Å²) >= 11 is 3.49. The van der Waals surface area contributed by atoms with Gasteiger partial charge in [-0.3, -0.25) is 0 Å². The van der Waals surface area contributed by atoms with E-state index in [0.29, 0.717) is 6.04 Å². The van der Waals surface area contributed by atoms with Gasteiger partial charge in [-0.2, -0.15) is 0 Å². The summed E-state index contributed by atoms with van der Waals surface area (Å²) in [5, 5.41) is 3.69. The molecule has 0 heterocycles. The minimum atomic E-state index is -0.0811. The van der Waals surface area contributed by atoms with E-state index in [1.807, 2.05) is 7.11 Å². The third-order valence-corrected chi connectivity index (χ3v) is 4.76. The van der Waals surface area contributed by atoms with Crippen molar-refractivity contribution in [3.8, 4) is 0 Å². The van der Waals surface area contributed by atoms with E-state index >= 15 is 0 Å². The van der Waals surface area contributed by atoms with E-state index in [1.165, 1.54) is 5.56 Å². The molecule has 0 radical (unpaired) electrons. The van der Waals surface area contributed by atoms with Gasteiger partial charge in [-0.25, -0.2) is 0 Å². The van der Waals surface area contributed by atoms with Gasteiger partial charge in [0, 0.05) is 17.6 Å². The van der Waals surface area contributed by atoms with Crippen molar-refractivity contribution in [2.45, 2.75) is 58.1 Å². The van der Waals surface area contributed by atoms with Crippen LogP contribution in [0.2, 0.25) is 0 Å². The molecule has 0 aliphatic carbocycles. The van der Waals surface area contributed by atoms with E-state index in [1.54, 1.807) is 0 Å². The van der Waals surface area contributed by atoms with Crippen LogP contribution in [0.5, 0.6) is 0 Å². The van der Waals surface area contributed by atoms with Gasteiger partial charge in [0.25, 0.3) is 0 Å². The van der Waals surface area contributed by atoms with E-state index in [9.17, 15) is 0 Å². The van der Waals surface area contributed by atoms with Crippen LogP contribution in [0.25, 0.3) is 0 Å². The summed E-state index contributed by atoms with van der Waals surface area (Å²) in [6.07, 6.45) is 4.20. The summed E-state index contributed by atoms with van der Waals surface area (Å²) in [6, 6.07) is 8.95. The Hall–Kier alpha value is -0.380. The van der Waals surface area contributed by atoms with Crippen molar-refractivity contribution in [3.05, 3.63) is 34.3 Å². The Morgan fingerprint density at radius 1 is 1.15 bits per heavy atom. The van der Waals surface area contributed by atoms with Crippen molar-refractivity contribution < 1.29 is 4.74 Å². The summed E-state index contributed by atoms with van der Waals surface area (Å²) in [7, 11) is 1.84. The van der Waals surface area contributed by atoms with Gasteiger partial charge in [-0.15, -0.1) is 0 Å². The van der Waals surface area contributed by atoms with Gasteiger partial charge in [-0.1, -0.05) is 48.8 Å². The minimum absolute atomic E-state index is 0.0811. The molecule has 0 amide bonds. The molecular weight excluding hydrogens is 314 g/mol. The van der Waals surface area contributed by atoms with Crippen LogP contribution in [-0.2, 0) is 11.2 Å². The van der Waals surface area contributed by atoms with Crippen molar-refractivity contribution in [1.82, 2.24) is 5.32 Å². The average Bonchev–Trinajstić information content (AvgIpc) is 2.49. The highest BCUT2D eigenvalue weighted by molar-refractivity contribution is 9.10. The van der Waals surface area contributed by atoms with E-state index in [-0.39, 0.29) is 5.60 Å². The van der Waals surface area contributed by atoms with Crippen LogP contribution in [0.3, 0.4) is 0 Å². The van der Waals surface area contributed by atoms with Gasteiger partial charge in [0.05, 0.1) is 5.60 Å². The molecular formula is C17H28BrNO. The summed E-state index contributed by atoms with van der Waals surface area (Å²) in [5.74, 6) is 0. The van der Waals surface area contributed by atoms with Crippen molar-refractivity contribution in [2.75, 3.05) is 13.7 Å². The second-order valence-electron chi connectivity index (χ2n) is 5.31. The van der Waals surface area contributed by atoms with Crippen LogP contribution in [0, 0.1) is 0 Å². The van der Waals surface area contributed by atoms with Crippen LogP contribution < -0.4 is 5.32 Å². The van der Waals surface area contributed by atoms with Crippen molar-refractivity contribution in [3.63, 3.8) is 0 Å². The Morgan fingerprint density at radius 3 is 2.20 bits per heavy atom. The lowest BCUT2D eigenvalue weighted by Crippen LogP contribution is -2.53. The maximum Gasteiger partial charge on any atom is 0.0828 e. The van der Waals surface area contributed by atoms with Crippen molar-refractivity contribution >= 4 is 15.9 Å². The molecule has 2 nitrogen and oxygen atoms in total. The third-order valence-electron chi connectivity index (χ3n) is 4.23. The Bertz CT molecular complexity index is 365. The Morgan fingerprint density at radius 2 is 1.75 bits per heavy atom. The molecule has 0 saturated heterocycles. The van der Waals surface area contributed by atoms with Gasteiger partial charge < -0.3 is 10.1 Å². The molecule has 0 aliphatic heterocycles. The van der Waals surface area contributed by atoms with Crippen molar-refractivity contribution in [2.24, 2.45) is 0 Å². The Balaban J connectivity index is 2.90. The second kappa shape index (κ2) is 8.81. The number of methoxy groups -OCH3 is 1. The summed E-state index contributed by atoms with van der Waals surface area (Å²) in [4.78, 5) is 0. The van der Waals surface area contributed by atoms with Crippen LogP contribution in [0.15, 0.2) is 28.7 Å². The highest BCUT2D eigenvalue weighted by Crippen LogP contribution is 2.27. The van der Waals surface area contributed by atoms with E-state index in [4.69, 9.17) is 4.74 Å². The monoisotopic (exact) mass is 341 g/mol. The first-order valence-corrected chi connectivity index (χ1v) is 8.44. The SMILES string of the molecule is CCCNC(Cc1ccc(Br)cc1)C(CC)(CC)OC. The largest absolute Gasteiger partial charge is 0.377 e. The van der Waals surface area contributed by atoms with Crippen LogP contribution in [0.1, 0.15) is 45.6 Å². The standard InChI is InChI=1S/C17H28BrNO/c1-5-12-19-16(17(6-2,7-3)20-4)13-14-8-10-15(18)11-9-14/h8-11,16,19H,5-7,12-13H2,1-4H3. The smallest absolute Gasteiger partial charge is 0.0828 e. The number of hydrogen-bond donors (Lipinski definition) is 1. The second-order valence-corrected chi connectivity index (χ2v) is 6.23. The van der Waals surface area contributed by atoms with Gasteiger partial charge in [0.2, 0.25) is 0 Å². The first-order valence-electron chi connectivity index (χ1n) is 7.64. The highest BCUT2D eigenvalue weighted by Gasteiger charge is 2.35. The number of hydrogen-bond acceptors (Lipinski definition) is 2. The zero-order valence-electron chi connectivity index (χ0n) is 13.2. The molecule has 0 fully saturated rings. The minimum Gasteiger partial charge on any atom is -0.377 e. The zero-order valence-corrected chi connectivity index (χ0v) is 14.8. The fourth-order valence-corrected chi connectivity index (χ4v) is 3.06. The molecule has 0 spiro atoms. The first-order chi connectivity index (χ1) is 9.61. The lowest BCUT2D eigenvalue weighted by atomic mass is 9.84. The molecule has 0 aliphatic rings. The molecule has 1 atom stereocenters. The molecule has 1 aromatic rings. The number of benzene rings is 1. The summed E-state index contributed by atoms with van der Waals surface area (Å²) in [5.41, 5.74) is 1.27. The lowest BCUT2D eigenvalue weighted by Gasteiger charge is -2.39. The zero-order chi connectivity index (χ0) is 15.0. The Kier molecular flexibility index (Phi) is 7.78. The fraction of sp³-hybridized carbons (Fsp3) is 0.647. The molecule has 1 aromatic carbocycles. The van der Waals surface area contributed by atoms with Gasteiger partial charge >= 0.3 is 0 Å². The quantitative estimate of drug-likeness (QED) is 0.710. The van der Waals surface area contributed by atoms with Crippen LogP contribution in [0.4, 0.5) is 0 Å². The predicted octanol–water partition coefficient (Wildman–Crippen LogP) is 4.57. The molecule has 20 heavy (non-hydrogen) atoms. The number of ether oxygens (including phenoxy) is 1. The first kappa shape index (κ1) is 17.7. The predicted molar refractivity (Wildman–Crippen MR) is 90.2 cm³/mol. The normalized spacial score (nSPS) is 13.4. The molecule has 0 saturated carbocycles. The topological polar surface area (TPSA) is 21.3 Å².